The van der Waals surface area contributed by atoms with Gasteiger partial charge in [0.2, 0.25) is 5.91 Å². The molecule has 0 saturated carbocycles. The van der Waals surface area contributed by atoms with E-state index in [-0.39, 0.29) is 26.2 Å². The van der Waals surface area contributed by atoms with Gasteiger partial charge < -0.3 is 5.32 Å². The van der Waals surface area contributed by atoms with Crippen LogP contribution < -0.4 is 5.32 Å². The van der Waals surface area contributed by atoms with Crippen molar-refractivity contribution in [3.05, 3.63) is 72.6 Å². The minimum Gasteiger partial charge on any atom is -0.325 e. The number of halogens is 2. The Kier molecular flexibility index (Phi) is 7.22. The van der Waals surface area contributed by atoms with Crippen LogP contribution in [-0.4, -0.2) is 33.4 Å². The second-order valence-corrected chi connectivity index (χ2v) is 8.98. The molecule has 1 fully saturated rings. The predicted molar refractivity (Wildman–Crippen MR) is 125 cm³/mol. The van der Waals surface area contributed by atoms with Crippen LogP contribution in [0.25, 0.3) is 6.08 Å². The third-order valence-corrected chi connectivity index (χ3v) is 6.12. The molecule has 0 radical (unpaired) electrons. The van der Waals surface area contributed by atoms with Gasteiger partial charge in [-0.05, 0) is 47.5 Å². The van der Waals surface area contributed by atoms with Crippen molar-refractivity contribution in [3.8, 4) is 0 Å². The fourth-order valence-electron chi connectivity index (χ4n) is 2.88. The van der Waals surface area contributed by atoms with Gasteiger partial charge in [-0.1, -0.05) is 49.2 Å². The number of rotatable bonds is 6. The Morgan fingerprint density at radius 2 is 1.84 bits per heavy atom. The molecule has 1 heterocycles. The zero-order valence-electron chi connectivity index (χ0n) is 16.9. The van der Waals surface area contributed by atoms with Crippen molar-refractivity contribution in [1.29, 1.82) is 0 Å². The summed E-state index contributed by atoms with van der Waals surface area (Å²) in [5.74, 6) is -0.887. The smallest absolute Gasteiger partial charge is 0.294 e. The molecule has 11 heteroatoms. The molecular formula is C21H17Cl2N3O5S. The number of nitrogens with zero attached hydrogens (tertiary/aromatic N) is 2. The quantitative estimate of drug-likeness (QED) is 0.314. The van der Waals surface area contributed by atoms with Crippen LogP contribution in [0.2, 0.25) is 10.0 Å². The van der Waals surface area contributed by atoms with E-state index < -0.39 is 28.5 Å². The summed E-state index contributed by atoms with van der Waals surface area (Å²) in [6, 6.07) is 9.57. The van der Waals surface area contributed by atoms with Crippen LogP contribution in [0.4, 0.5) is 16.2 Å². The van der Waals surface area contributed by atoms with Gasteiger partial charge in [-0.15, -0.1) is 0 Å². The Morgan fingerprint density at radius 3 is 2.44 bits per heavy atom. The molecule has 0 spiro atoms. The van der Waals surface area contributed by atoms with Gasteiger partial charge in [-0.2, -0.15) is 0 Å². The van der Waals surface area contributed by atoms with Crippen molar-refractivity contribution >= 4 is 69.5 Å². The number of anilines is 1. The number of benzene rings is 2. The lowest BCUT2D eigenvalue weighted by molar-refractivity contribution is -0.384. The maximum Gasteiger partial charge on any atom is 0.294 e. The number of imide groups is 1. The minimum absolute atomic E-state index is 0.0115. The molecule has 0 atom stereocenters. The maximum atomic E-state index is 12.7. The van der Waals surface area contributed by atoms with Gasteiger partial charge in [-0.3, -0.25) is 29.4 Å². The molecule has 1 aliphatic rings. The lowest BCUT2D eigenvalue weighted by atomic mass is 10.0. The zero-order valence-corrected chi connectivity index (χ0v) is 19.3. The number of nitrogens with one attached hydrogen (secondary N) is 1. The van der Waals surface area contributed by atoms with Crippen molar-refractivity contribution in [2.75, 3.05) is 11.9 Å². The Balaban J connectivity index is 1.74. The maximum absolute atomic E-state index is 12.7. The van der Waals surface area contributed by atoms with E-state index in [2.05, 4.69) is 19.2 Å². The second kappa shape index (κ2) is 9.72. The molecule has 1 aliphatic heterocycles. The standard InChI is InChI=1S/C21H17Cl2N3O5S/c1-11(2)12-3-5-14(6-4-12)24-19(27)10-25-20(28)18(32-21(25)29)8-13-7-17(26(30)31)16(23)9-15(13)22/h3-9,11H,10H2,1-2H3,(H,24,27)/b18-8-. The van der Waals surface area contributed by atoms with E-state index >= 15 is 0 Å². The monoisotopic (exact) mass is 493 g/mol. The fourth-order valence-corrected chi connectivity index (χ4v) is 4.21. The molecule has 1 saturated heterocycles. The summed E-state index contributed by atoms with van der Waals surface area (Å²) in [5, 5.41) is 13.0. The van der Waals surface area contributed by atoms with Gasteiger partial charge in [0.25, 0.3) is 16.8 Å². The number of thioether (sulfide) groups is 1. The summed E-state index contributed by atoms with van der Waals surface area (Å²) in [5.41, 5.74) is 1.43. The Morgan fingerprint density at radius 1 is 1.19 bits per heavy atom. The van der Waals surface area contributed by atoms with Crippen LogP contribution in [-0.2, 0) is 9.59 Å². The van der Waals surface area contributed by atoms with Gasteiger partial charge in [-0.25, -0.2) is 0 Å². The molecule has 2 aromatic carbocycles. The topological polar surface area (TPSA) is 110 Å². The molecule has 3 amide bonds. The van der Waals surface area contributed by atoms with Crippen LogP contribution in [0.3, 0.4) is 0 Å². The van der Waals surface area contributed by atoms with E-state index in [4.69, 9.17) is 23.2 Å². The summed E-state index contributed by atoms with van der Waals surface area (Å²) in [6.45, 7) is 3.63. The minimum atomic E-state index is -0.695. The average Bonchev–Trinajstić information content (AvgIpc) is 2.97. The first-order valence-electron chi connectivity index (χ1n) is 9.35. The summed E-state index contributed by atoms with van der Waals surface area (Å²) in [4.78, 5) is 48.5. The van der Waals surface area contributed by atoms with E-state index in [1.807, 2.05) is 12.1 Å². The van der Waals surface area contributed by atoms with Crippen LogP contribution >= 0.6 is 35.0 Å². The molecule has 0 aliphatic carbocycles. The van der Waals surface area contributed by atoms with Crippen molar-refractivity contribution in [3.63, 3.8) is 0 Å². The highest BCUT2D eigenvalue weighted by Gasteiger charge is 2.36. The van der Waals surface area contributed by atoms with E-state index in [0.29, 0.717) is 23.4 Å². The highest BCUT2D eigenvalue weighted by molar-refractivity contribution is 8.18. The first-order valence-corrected chi connectivity index (χ1v) is 10.9. The molecule has 1 N–H and O–H groups in total. The van der Waals surface area contributed by atoms with E-state index in [1.165, 1.54) is 12.1 Å². The van der Waals surface area contributed by atoms with Gasteiger partial charge in [0.15, 0.2) is 0 Å². The number of hydrogen-bond acceptors (Lipinski definition) is 6. The molecule has 166 valence electrons. The van der Waals surface area contributed by atoms with Crippen molar-refractivity contribution in [2.45, 2.75) is 19.8 Å². The average molecular weight is 494 g/mol. The van der Waals surface area contributed by atoms with Crippen molar-refractivity contribution < 1.29 is 19.3 Å². The van der Waals surface area contributed by atoms with E-state index in [0.717, 1.165) is 16.5 Å². The van der Waals surface area contributed by atoms with Crippen LogP contribution in [0.1, 0.15) is 30.9 Å². The van der Waals surface area contributed by atoms with E-state index in [9.17, 15) is 24.5 Å². The number of nitro benzene ring substituents is 1. The Bertz CT molecular complexity index is 1150. The summed E-state index contributed by atoms with van der Waals surface area (Å²) < 4.78 is 0. The predicted octanol–water partition coefficient (Wildman–Crippen LogP) is 5.70. The lowest BCUT2D eigenvalue weighted by Gasteiger charge is -2.13. The van der Waals surface area contributed by atoms with Crippen LogP contribution in [0.15, 0.2) is 41.3 Å². The zero-order chi connectivity index (χ0) is 23.6. The number of carbonyl (C=O) groups excluding carboxylic acids is 3. The summed E-state index contributed by atoms with van der Waals surface area (Å²) in [6.07, 6.45) is 1.26. The van der Waals surface area contributed by atoms with Crippen LogP contribution in [0.5, 0.6) is 0 Å². The lowest BCUT2D eigenvalue weighted by Crippen LogP contribution is -2.36. The highest BCUT2D eigenvalue weighted by atomic mass is 35.5. The number of amides is 3. The SMILES string of the molecule is CC(C)c1ccc(NC(=O)CN2C(=O)S/C(=C\c3cc([N+](=O)[O-])c(Cl)cc3Cl)C2=O)cc1. The van der Waals surface area contributed by atoms with Crippen molar-refractivity contribution in [1.82, 2.24) is 4.90 Å². The van der Waals surface area contributed by atoms with Gasteiger partial charge in [0.05, 0.1) is 9.83 Å². The fraction of sp³-hybridized carbons (Fsp3) is 0.190. The molecule has 3 rings (SSSR count). The molecule has 0 bridgehead atoms. The molecule has 8 nitrogen and oxygen atoms in total. The number of nitro groups is 1. The Labute approximate surface area is 197 Å². The first kappa shape index (κ1) is 23.8. The highest BCUT2D eigenvalue weighted by Crippen LogP contribution is 2.36. The summed E-state index contributed by atoms with van der Waals surface area (Å²) >= 11 is 12.5. The first-order chi connectivity index (χ1) is 15.1. The molecule has 0 unspecified atom stereocenters. The van der Waals surface area contributed by atoms with Crippen molar-refractivity contribution in [2.24, 2.45) is 0 Å². The molecular weight excluding hydrogens is 477 g/mol. The third kappa shape index (κ3) is 5.29. The molecule has 2 aromatic rings. The third-order valence-electron chi connectivity index (χ3n) is 4.59. The van der Waals surface area contributed by atoms with Gasteiger partial charge in [0, 0.05) is 22.3 Å². The number of carbonyl (C=O) groups is 3. The van der Waals surface area contributed by atoms with E-state index in [1.54, 1.807) is 12.1 Å². The second-order valence-electron chi connectivity index (χ2n) is 7.17. The largest absolute Gasteiger partial charge is 0.325 e. The molecule has 0 aromatic heterocycles. The number of hydrogen-bond donors (Lipinski definition) is 1. The van der Waals surface area contributed by atoms with Gasteiger partial charge in [0.1, 0.15) is 11.6 Å². The van der Waals surface area contributed by atoms with Crippen LogP contribution in [0, 0.1) is 10.1 Å². The molecule has 32 heavy (non-hydrogen) atoms. The van der Waals surface area contributed by atoms with Gasteiger partial charge >= 0.3 is 0 Å². The summed E-state index contributed by atoms with van der Waals surface area (Å²) in [7, 11) is 0. The Hall–Kier alpha value is -2.88. The normalized spacial score (nSPS) is 15.0.